The predicted octanol–water partition coefficient (Wildman–Crippen LogP) is 2.22. The molecule has 0 saturated carbocycles. The fraction of sp³-hybridized carbons (Fsp3) is 0.333. The van der Waals surface area contributed by atoms with Crippen LogP contribution in [0.15, 0.2) is 58.5 Å². The Balaban J connectivity index is 0.000000359. The number of hydrogen-bond donors (Lipinski definition) is 2. The molecule has 0 saturated heterocycles. The van der Waals surface area contributed by atoms with Gasteiger partial charge in [0.15, 0.2) is 0 Å². The van der Waals surface area contributed by atoms with Crippen LogP contribution < -0.4 is 0 Å². The minimum absolute atomic E-state index is 0.0417. The highest BCUT2D eigenvalue weighted by atomic mass is 16.5. The van der Waals surface area contributed by atoms with Crippen LogP contribution in [0.1, 0.15) is 11.1 Å². The molecule has 0 aliphatic heterocycles. The summed E-state index contributed by atoms with van der Waals surface area (Å²) in [5.41, 5.74) is 3.40. The summed E-state index contributed by atoms with van der Waals surface area (Å²) in [5, 5.41) is 16.5. The summed E-state index contributed by atoms with van der Waals surface area (Å²) in [6.07, 6.45) is 3.77. The number of isocyanates is 2. The monoisotopic (exact) mass is 400 g/mol. The van der Waals surface area contributed by atoms with Gasteiger partial charge in [-0.3, -0.25) is 0 Å². The van der Waals surface area contributed by atoms with Crippen LogP contribution in [0, 0.1) is 0 Å². The molecule has 0 heterocycles. The zero-order valence-corrected chi connectivity index (χ0v) is 16.0. The van der Waals surface area contributed by atoms with Crippen LogP contribution in [0.25, 0.3) is 0 Å². The van der Waals surface area contributed by atoms with Gasteiger partial charge < -0.3 is 19.7 Å². The Kier molecular flexibility index (Phi) is 13.3. The van der Waals surface area contributed by atoms with Gasteiger partial charge in [-0.2, -0.15) is 9.98 Å². The smallest absolute Gasteiger partial charge is 0.240 e. The molecule has 2 aromatic rings. The summed E-state index contributed by atoms with van der Waals surface area (Å²) in [7, 11) is 0. The summed E-state index contributed by atoms with van der Waals surface area (Å²) in [6, 6.07) is 14.7. The zero-order valence-electron chi connectivity index (χ0n) is 16.0. The van der Waals surface area contributed by atoms with E-state index in [0.717, 1.165) is 17.5 Å². The molecule has 2 rings (SSSR count). The van der Waals surface area contributed by atoms with E-state index in [0.29, 0.717) is 37.8 Å². The lowest BCUT2D eigenvalue weighted by Gasteiger charge is -2.02. The molecule has 154 valence electrons. The first-order valence-electron chi connectivity index (χ1n) is 8.94. The van der Waals surface area contributed by atoms with E-state index in [1.165, 1.54) is 12.2 Å². The average molecular weight is 400 g/mol. The Morgan fingerprint density at radius 2 is 1.03 bits per heavy atom. The topological polar surface area (TPSA) is 118 Å². The first-order chi connectivity index (χ1) is 14.2. The van der Waals surface area contributed by atoms with Crippen molar-refractivity contribution in [1.82, 2.24) is 0 Å². The Bertz CT molecular complexity index is 712. The fourth-order valence-electron chi connectivity index (χ4n) is 2.17. The third kappa shape index (κ3) is 11.5. The Morgan fingerprint density at radius 3 is 1.34 bits per heavy atom. The lowest BCUT2D eigenvalue weighted by molar-refractivity contribution is 0.0222. The molecule has 29 heavy (non-hydrogen) atoms. The van der Waals surface area contributed by atoms with Gasteiger partial charge >= 0.3 is 0 Å². The molecule has 0 bridgehead atoms. The minimum atomic E-state index is 0.0417. The molecule has 0 spiro atoms. The SMILES string of the molecule is O=C=Nc1ccc(Cc2ccc(N=C=O)cc2)cc1.OCCOCCOCCO. The number of nitrogens with zero attached hydrogens (tertiary/aromatic N) is 2. The molecule has 0 amide bonds. The number of aliphatic hydroxyl groups is 2. The summed E-state index contributed by atoms with van der Waals surface area (Å²) in [4.78, 5) is 27.3. The first-order valence-corrected chi connectivity index (χ1v) is 8.94. The molecule has 0 aliphatic rings. The molecule has 2 aromatic carbocycles. The van der Waals surface area contributed by atoms with Gasteiger partial charge in [-0.05, 0) is 41.8 Å². The number of aliphatic imine (C=N–C) groups is 2. The maximum absolute atomic E-state index is 10.1. The summed E-state index contributed by atoms with van der Waals surface area (Å²) < 4.78 is 9.75. The van der Waals surface area contributed by atoms with Gasteiger partial charge in [0, 0.05) is 0 Å². The molecule has 0 fully saturated rings. The number of benzene rings is 2. The number of ether oxygens (including phenoxy) is 2. The normalized spacial score (nSPS) is 9.59. The van der Waals surface area contributed by atoms with Crippen molar-refractivity contribution in [3.05, 3.63) is 59.7 Å². The molecular weight excluding hydrogens is 376 g/mol. The third-order valence-electron chi connectivity index (χ3n) is 3.47. The molecule has 8 heteroatoms. The molecule has 0 unspecified atom stereocenters. The molecular formula is C21H24N2O6. The van der Waals surface area contributed by atoms with Crippen molar-refractivity contribution in [3.63, 3.8) is 0 Å². The van der Waals surface area contributed by atoms with Gasteiger partial charge in [-0.15, -0.1) is 0 Å². The van der Waals surface area contributed by atoms with Gasteiger partial charge in [0.05, 0.1) is 51.0 Å². The van der Waals surface area contributed by atoms with Gasteiger partial charge in [0.2, 0.25) is 12.2 Å². The second kappa shape index (κ2) is 16.0. The van der Waals surface area contributed by atoms with Crippen LogP contribution in [-0.4, -0.2) is 62.0 Å². The highest BCUT2D eigenvalue weighted by molar-refractivity contribution is 5.51. The number of hydrogen-bond acceptors (Lipinski definition) is 8. The molecule has 0 atom stereocenters. The zero-order chi connectivity index (χ0) is 21.2. The molecule has 8 nitrogen and oxygen atoms in total. The van der Waals surface area contributed by atoms with E-state index >= 15 is 0 Å². The maximum atomic E-state index is 10.1. The van der Waals surface area contributed by atoms with Gasteiger partial charge in [0.25, 0.3) is 0 Å². The van der Waals surface area contributed by atoms with E-state index in [-0.39, 0.29) is 13.2 Å². The number of carbonyl (C=O) groups excluding carboxylic acids is 2. The van der Waals surface area contributed by atoms with Gasteiger partial charge in [0.1, 0.15) is 0 Å². The van der Waals surface area contributed by atoms with Gasteiger partial charge in [-0.1, -0.05) is 24.3 Å². The van der Waals surface area contributed by atoms with E-state index in [9.17, 15) is 9.59 Å². The van der Waals surface area contributed by atoms with Crippen LogP contribution in [0.2, 0.25) is 0 Å². The number of aliphatic hydroxyl groups excluding tert-OH is 2. The van der Waals surface area contributed by atoms with Crippen molar-refractivity contribution in [2.75, 3.05) is 39.6 Å². The Morgan fingerprint density at radius 1 is 0.655 bits per heavy atom. The average Bonchev–Trinajstić information content (AvgIpc) is 2.74. The van der Waals surface area contributed by atoms with E-state index < -0.39 is 0 Å². The first kappa shape index (κ1) is 24.1. The van der Waals surface area contributed by atoms with Crippen LogP contribution in [0.3, 0.4) is 0 Å². The Hall–Kier alpha value is -2.96. The molecule has 0 radical (unpaired) electrons. The lowest BCUT2D eigenvalue weighted by atomic mass is 10.0. The quantitative estimate of drug-likeness (QED) is 0.339. The largest absolute Gasteiger partial charge is 0.394 e. The maximum Gasteiger partial charge on any atom is 0.240 e. The summed E-state index contributed by atoms with van der Waals surface area (Å²) in [5.74, 6) is 0. The minimum Gasteiger partial charge on any atom is -0.394 e. The van der Waals surface area contributed by atoms with Crippen molar-refractivity contribution >= 4 is 23.5 Å². The molecule has 0 aliphatic carbocycles. The fourth-order valence-corrected chi connectivity index (χ4v) is 2.17. The van der Waals surface area contributed by atoms with E-state index in [1.807, 2.05) is 24.3 Å². The molecule has 2 N–H and O–H groups in total. The van der Waals surface area contributed by atoms with Crippen LogP contribution >= 0.6 is 0 Å². The second-order valence-electron chi connectivity index (χ2n) is 5.59. The summed E-state index contributed by atoms with van der Waals surface area (Å²) in [6.45, 7) is 1.73. The third-order valence-corrected chi connectivity index (χ3v) is 3.47. The Labute approximate surface area is 169 Å². The van der Waals surface area contributed by atoms with Crippen LogP contribution in [-0.2, 0) is 25.5 Å². The van der Waals surface area contributed by atoms with Crippen LogP contribution in [0.5, 0.6) is 0 Å². The lowest BCUT2D eigenvalue weighted by Crippen LogP contribution is -2.09. The predicted molar refractivity (Wildman–Crippen MR) is 107 cm³/mol. The highest BCUT2D eigenvalue weighted by Crippen LogP contribution is 2.17. The molecule has 0 aromatic heterocycles. The van der Waals surface area contributed by atoms with Crippen molar-refractivity contribution in [3.8, 4) is 0 Å². The van der Waals surface area contributed by atoms with E-state index in [1.54, 1.807) is 24.3 Å². The van der Waals surface area contributed by atoms with Crippen molar-refractivity contribution < 1.29 is 29.3 Å². The van der Waals surface area contributed by atoms with Gasteiger partial charge in [-0.25, -0.2) is 9.59 Å². The number of rotatable bonds is 11. The van der Waals surface area contributed by atoms with Crippen molar-refractivity contribution in [2.45, 2.75) is 6.42 Å². The van der Waals surface area contributed by atoms with Crippen molar-refractivity contribution in [1.29, 1.82) is 0 Å². The van der Waals surface area contributed by atoms with Crippen LogP contribution in [0.4, 0.5) is 11.4 Å². The van der Waals surface area contributed by atoms with Crippen molar-refractivity contribution in [2.24, 2.45) is 9.98 Å². The second-order valence-corrected chi connectivity index (χ2v) is 5.59. The van der Waals surface area contributed by atoms with E-state index in [2.05, 4.69) is 9.98 Å². The highest BCUT2D eigenvalue weighted by Gasteiger charge is 1.98. The van der Waals surface area contributed by atoms with E-state index in [4.69, 9.17) is 19.7 Å². The standard InChI is InChI=1S/C15H10N2O2.C6H14O4/c18-10-16-14-5-1-12(2-6-14)9-13-3-7-15(8-4-13)17-11-19;7-1-3-9-5-6-10-4-2-8/h1-8H,9H2;7-8H,1-6H2. The summed E-state index contributed by atoms with van der Waals surface area (Å²) >= 11 is 0.